The fourth-order valence-corrected chi connectivity index (χ4v) is 7.67. The molecule has 31 heavy (non-hydrogen) atoms. The third-order valence-electron chi connectivity index (χ3n) is 7.23. The van der Waals surface area contributed by atoms with Crippen LogP contribution in [0.4, 0.5) is 0 Å². The normalized spacial score (nSPS) is 29.6. The third-order valence-corrected chi connectivity index (χ3v) is 9.01. The molecule has 0 unspecified atom stereocenters. The van der Waals surface area contributed by atoms with Crippen LogP contribution in [0.1, 0.15) is 50.1 Å². The molecule has 4 aliphatic rings. The second-order valence-electron chi connectivity index (χ2n) is 9.17. The number of carbonyl (C=O) groups excluding carboxylic acids is 1. The van der Waals surface area contributed by atoms with Crippen molar-refractivity contribution in [2.75, 3.05) is 20.2 Å². The van der Waals surface area contributed by atoms with Gasteiger partial charge in [0.2, 0.25) is 0 Å². The van der Waals surface area contributed by atoms with Crippen LogP contribution in [0.2, 0.25) is 0 Å². The summed E-state index contributed by atoms with van der Waals surface area (Å²) in [5, 5.41) is 5.45. The fourth-order valence-electron chi connectivity index (χ4n) is 5.82. The minimum absolute atomic E-state index is 0.0927. The molecular formula is C23H29N3O3S2. The Balaban J connectivity index is 1.35. The summed E-state index contributed by atoms with van der Waals surface area (Å²) >= 11 is 7.60. The van der Waals surface area contributed by atoms with Crippen LogP contribution in [-0.2, 0) is 16.1 Å². The van der Waals surface area contributed by atoms with E-state index in [0.29, 0.717) is 22.2 Å². The number of aromatic nitrogens is 1. The van der Waals surface area contributed by atoms with Gasteiger partial charge in [0.05, 0.1) is 17.7 Å². The smallest absolute Gasteiger partial charge is 0.336 e. The van der Waals surface area contributed by atoms with Crippen LogP contribution in [-0.4, -0.2) is 46.0 Å². The Morgan fingerprint density at radius 3 is 2.87 bits per heavy atom. The van der Waals surface area contributed by atoms with E-state index in [1.54, 1.807) is 17.8 Å². The molecule has 3 aliphatic heterocycles. The molecule has 2 bridgehead atoms. The van der Waals surface area contributed by atoms with Gasteiger partial charge in [-0.2, -0.15) is 0 Å². The lowest BCUT2D eigenvalue weighted by Crippen LogP contribution is -2.51. The lowest BCUT2D eigenvalue weighted by atomic mass is 9.83. The predicted octanol–water partition coefficient (Wildman–Crippen LogP) is 3.22. The molecular weight excluding hydrogens is 430 g/mol. The van der Waals surface area contributed by atoms with Crippen LogP contribution in [0, 0.1) is 11.8 Å². The van der Waals surface area contributed by atoms with Crippen molar-refractivity contribution in [2.24, 2.45) is 11.8 Å². The van der Waals surface area contributed by atoms with Crippen LogP contribution >= 0.6 is 24.0 Å². The number of fused-ring (bicyclic) bond motifs is 5. The Hall–Kier alpha value is -1.80. The molecule has 0 spiro atoms. The van der Waals surface area contributed by atoms with Gasteiger partial charge in [-0.1, -0.05) is 25.3 Å². The zero-order chi connectivity index (χ0) is 21.5. The Morgan fingerprint density at radius 2 is 2.03 bits per heavy atom. The molecule has 166 valence electrons. The van der Waals surface area contributed by atoms with Gasteiger partial charge in [-0.25, -0.2) is 4.79 Å². The number of piperidine rings is 1. The average molecular weight is 460 g/mol. The summed E-state index contributed by atoms with van der Waals surface area (Å²) in [6.07, 6.45) is 6.89. The third kappa shape index (κ3) is 3.93. The van der Waals surface area contributed by atoms with E-state index in [0.717, 1.165) is 61.6 Å². The average Bonchev–Trinajstić information content (AvgIpc) is 2.94. The quantitative estimate of drug-likeness (QED) is 0.538. The second-order valence-corrected chi connectivity index (χ2v) is 10.8. The van der Waals surface area contributed by atoms with E-state index in [4.69, 9.17) is 17.0 Å². The van der Waals surface area contributed by atoms with Crippen LogP contribution < -0.4 is 10.9 Å². The molecule has 0 amide bonds. The topological polar surface area (TPSA) is 63.6 Å². The highest BCUT2D eigenvalue weighted by molar-refractivity contribution is 8.04. The van der Waals surface area contributed by atoms with Gasteiger partial charge >= 0.3 is 5.97 Å². The van der Waals surface area contributed by atoms with E-state index in [-0.39, 0.29) is 17.4 Å². The Morgan fingerprint density at radius 1 is 1.19 bits per heavy atom. The number of nitrogens with zero attached hydrogens (tertiary/aromatic N) is 2. The molecule has 1 aromatic heterocycles. The van der Waals surface area contributed by atoms with Crippen molar-refractivity contribution >= 4 is 35.1 Å². The molecule has 6 nitrogen and oxygen atoms in total. The SMILES string of the molecule is COC(=O)C1=C(NC(=S)N2C[C@@H]3C[C@@H](C2)c2cccc(=O)n2C3)S[C@@H]2CCCCC[C@@H]12. The number of pyridine rings is 1. The van der Waals surface area contributed by atoms with E-state index in [1.807, 2.05) is 10.6 Å². The molecule has 5 rings (SSSR count). The standard InChI is InChI=1S/C23H29N3O3S2/c1-29-22(28)20-16-6-3-2-4-8-18(16)31-21(20)24-23(30)25-11-14-10-15(13-25)17-7-5-9-19(27)26(17)12-14/h5,7,9,14-16,18H,2-4,6,8,10-13H2,1H3,(H,24,30)/t14-,15-,16+,18+/m0/s1. The zero-order valence-corrected chi connectivity index (χ0v) is 19.5. The van der Waals surface area contributed by atoms with Gasteiger partial charge in [0, 0.05) is 48.5 Å². The number of esters is 1. The predicted molar refractivity (Wildman–Crippen MR) is 126 cm³/mol. The molecule has 0 aromatic carbocycles. The zero-order valence-electron chi connectivity index (χ0n) is 17.8. The lowest BCUT2D eigenvalue weighted by molar-refractivity contribution is -0.136. The fraction of sp³-hybridized carbons (Fsp3) is 0.609. The molecule has 1 saturated heterocycles. The first-order valence-corrected chi connectivity index (χ1v) is 12.6. The van der Waals surface area contributed by atoms with Gasteiger partial charge < -0.3 is 19.5 Å². The number of thiocarbonyl (C=S) groups is 1. The van der Waals surface area contributed by atoms with E-state index in [9.17, 15) is 9.59 Å². The highest BCUT2D eigenvalue weighted by atomic mass is 32.2. The molecule has 1 saturated carbocycles. The molecule has 1 N–H and O–H groups in total. The van der Waals surface area contributed by atoms with E-state index in [2.05, 4.69) is 16.3 Å². The van der Waals surface area contributed by atoms with Crippen LogP contribution in [0.15, 0.2) is 33.6 Å². The maximum Gasteiger partial charge on any atom is 0.336 e. The van der Waals surface area contributed by atoms with Gasteiger partial charge in [-0.05, 0) is 43.5 Å². The minimum Gasteiger partial charge on any atom is -0.466 e. The maximum absolute atomic E-state index is 12.7. The van der Waals surface area contributed by atoms with E-state index in [1.165, 1.54) is 20.0 Å². The number of ether oxygens (including phenoxy) is 1. The molecule has 0 radical (unpaired) electrons. The molecule has 4 heterocycles. The van der Waals surface area contributed by atoms with Gasteiger partial charge in [-0.15, -0.1) is 11.8 Å². The molecule has 2 fully saturated rings. The number of thioether (sulfide) groups is 1. The van der Waals surface area contributed by atoms with Gasteiger partial charge in [0.15, 0.2) is 5.11 Å². The highest BCUT2D eigenvalue weighted by Crippen LogP contribution is 2.47. The number of rotatable bonds is 2. The number of carbonyl (C=O) groups is 1. The monoisotopic (exact) mass is 459 g/mol. The highest BCUT2D eigenvalue weighted by Gasteiger charge is 2.41. The summed E-state index contributed by atoms with van der Waals surface area (Å²) in [5.74, 6) is 0.737. The first-order valence-electron chi connectivity index (χ1n) is 11.3. The largest absolute Gasteiger partial charge is 0.466 e. The van der Waals surface area contributed by atoms with E-state index < -0.39 is 0 Å². The van der Waals surface area contributed by atoms with Crippen molar-refractivity contribution in [3.8, 4) is 0 Å². The summed E-state index contributed by atoms with van der Waals surface area (Å²) in [7, 11) is 1.46. The maximum atomic E-state index is 12.7. The Kier molecular flexibility index (Phi) is 5.86. The first-order chi connectivity index (χ1) is 15.0. The summed E-state index contributed by atoms with van der Waals surface area (Å²) in [5.41, 5.74) is 1.99. The Bertz CT molecular complexity index is 989. The summed E-state index contributed by atoms with van der Waals surface area (Å²) in [4.78, 5) is 27.2. The summed E-state index contributed by atoms with van der Waals surface area (Å²) in [6, 6.07) is 5.58. The molecule has 1 aromatic rings. The number of nitrogens with one attached hydrogen (secondary N) is 1. The number of hydrogen-bond donors (Lipinski definition) is 1. The van der Waals surface area contributed by atoms with Gasteiger partial charge in [0.1, 0.15) is 0 Å². The van der Waals surface area contributed by atoms with Gasteiger partial charge in [0.25, 0.3) is 5.56 Å². The van der Waals surface area contributed by atoms with E-state index >= 15 is 0 Å². The van der Waals surface area contributed by atoms with Crippen molar-refractivity contribution in [1.29, 1.82) is 0 Å². The molecule has 4 atom stereocenters. The summed E-state index contributed by atoms with van der Waals surface area (Å²) < 4.78 is 7.09. The summed E-state index contributed by atoms with van der Waals surface area (Å²) in [6.45, 7) is 2.38. The first kappa shape index (κ1) is 21.1. The van der Waals surface area contributed by atoms with Crippen LogP contribution in [0.25, 0.3) is 0 Å². The van der Waals surface area contributed by atoms with Crippen LogP contribution in [0.3, 0.4) is 0 Å². The van der Waals surface area contributed by atoms with Crippen molar-refractivity contribution in [1.82, 2.24) is 14.8 Å². The number of hydrogen-bond acceptors (Lipinski definition) is 5. The second kappa shape index (κ2) is 8.62. The van der Waals surface area contributed by atoms with Crippen molar-refractivity contribution < 1.29 is 9.53 Å². The molecule has 8 heteroatoms. The van der Waals surface area contributed by atoms with Crippen LogP contribution in [0.5, 0.6) is 0 Å². The van der Waals surface area contributed by atoms with Crippen molar-refractivity contribution in [3.05, 3.63) is 44.8 Å². The molecule has 1 aliphatic carbocycles. The van der Waals surface area contributed by atoms with Crippen molar-refractivity contribution in [2.45, 2.75) is 56.2 Å². The van der Waals surface area contributed by atoms with Gasteiger partial charge in [-0.3, -0.25) is 4.79 Å². The Labute approximate surface area is 192 Å². The minimum atomic E-state index is -0.226. The van der Waals surface area contributed by atoms with Crippen molar-refractivity contribution in [3.63, 3.8) is 0 Å². The number of likely N-dealkylation sites (tertiary alicyclic amines) is 1. The number of methoxy groups -OCH3 is 1. The lowest BCUT2D eigenvalue weighted by Gasteiger charge is -2.43.